The molecule has 2 aromatic carbocycles. The van der Waals surface area contributed by atoms with E-state index < -0.39 is 15.8 Å². The maximum absolute atomic E-state index is 12.6. The molecule has 0 atom stereocenters. The normalized spacial score (nSPS) is 12.2. The van der Waals surface area contributed by atoms with Crippen molar-refractivity contribution in [1.29, 1.82) is 0 Å². The van der Waals surface area contributed by atoms with Crippen LogP contribution >= 0.6 is 0 Å². The SMILES string of the molecule is Cc1cc2cc(CNS(=O)(=O)c3ccc4c(c3)oc(=O)n4C)ccc2[nH]1. The molecule has 0 saturated carbocycles. The summed E-state index contributed by atoms with van der Waals surface area (Å²) in [6.45, 7) is 2.14. The van der Waals surface area contributed by atoms with Gasteiger partial charge >= 0.3 is 5.76 Å². The number of H-pyrrole nitrogens is 1. The van der Waals surface area contributed by atoms with Crippen molar-refractivity contribution in [3.05, 3.63) is 64.3 Å². The molecule has 0 aliphatic rings. The molecule has 2 heterocycles. The number of sulfonamides is 1. The van der Waals surface area contributed by atoms with Crippen molar-refractivity contribution < 1.29 is 12.8 Å². The van der Waals surface area contributed by atoms with Crippen molar-refractivity contribution in [2.24, 2.45) is 7.05 Å². The summed E-state index contributed by atoms with van der Waals surface area (Å²) in [6.07, 6.45) is 0. The minimum atomic E-state index is -3.73. The predicted molar refractivity (Wildman–Crippen MR) is 98.5 cm³/mol. The van der Waals surface area contributed by atoms with Crippen LogP contribution in [0.1, 0.15) is 11.3 Å². The van der Waals surface area contributed by atoms with Crippen LogP contribution in [0.3, 0.4) is 0 Å². The third-order valence-corrected chi connectivity index (χ3v) is 5.76. The van der Waals surface area contributed by atoms with E-state index in [1.807, 2.05) is 31.2 Å². The van der Waals surface area contributed by atoms with Crippen LogP contribution in [-0.4, -0.2) is 18.0 Å². The second-order valence-electron chi connectivity index (χ2n) is 6.26. The van der Waals surface area contributed by atoms with Gasteiger partial charge in [-0.2, -0.15) is 0 Å². The summed E-state index contributed by atoms with van der Waals surface area (Å²) >= 11 is 0. The van der Waals surface area contributed by atoms with Gasteiger partial charge in [-0.3, -0.25) is 4.57 Å². The number of aryl methyl sites for hydroxylation is 2. The minimum absolute atomic E-state index is 0.0536. The Bertz CT molecular complexity index is 1300. The monoisotopic (exact) mass is 371 g/mol. The lowest BCUT2D eigenvalue weighted by Crippen LogP contribution is -2.23. The lowest BCUT2D eigenvalue weighted by Gasteiger charge is -2.07. The van der Waals surface area contributed by atoms with Crippen molar-refractivity contribution in [3.63, 3.8) is 0 Å². The van der Waals surface area contributed by atoms with E-state index in [4.69, 9.17) is 4.42 Å². The Kier molecular flexibility index (Phi) is 3.74. The van der Waals surface area contributed by atoms with Gasteiger partial charge in [0.15, 0.2) is 5.58 Å². The maximum Gasteiger partial charge on any atom is 0.419 e. The first-order chi connectivity index (χ1) is 12.3. The molecule has 0 bridgehead atoms. The molecule has 0 saturated heterocycles. The van der Waals surface area contributed by atoms with Crippen LogP contribution in [0.15, 0.2) is 56.6 Å². The highest BCUT2D eigenvalue weighted by Gasteiger charge is 2.17. The van der Waals surface area contributed by atoms with E-state index in [2.05, 4.69) is 9.71 Å². The quantitative estimate of drug-likeness (QED) is 0.576. The van der Waals surface area contributed by atoms with Gasteiger partial charge in [-0.05, 0) is 48.2 Å². The number of hydrogen-bond acceptors (Lipinski definition) is 4. The molecule has 0 spiro atoms. The first-order valence-electron chi connectivity index (χ1n) is 8.01. The lowest BCUT2D eigenvalue weighted by atomic mass is 10.1. The zero-order valence-corrected chi connectivity index (χ0v) is 15.1. The Morgan fingerprint density at radius 2 is 1.96 bits per heavy atom. The summed E-state index contributed by atoms with van der Waals surface area (Å²) in [6, 6.07) is 12.1. The highest BCUT2D eigenvalue weighted by molar-refractivity contribution is 7.89. The van der Waals surface area contributed by atoms with E-state index in [1.165, 1.54) is 16.7 Å². The van der Waals surface area contributed by atoms with Crippen molar-refractivity contribution >= 4 is 32.0 Å². The number of benzene rings is 2. The fourth-order valence-corrected chi connectivity index (χ4v) is 4.01. The highest BCUT2D eigenvalue weighted by Crippen LogP contribution is 2.19. The van der Waals surface area contributed by atoms with Gasteiger partial charge in [-0.15, -0.1) is 0 Å². The zero-order valence-electron chi connectivity index (χ0n) is 14.2. The van der Waals surface area contributed by atoms with Crippen LogP contribution in [0.25, 0.3) is 22.0 Å². The lowest BCUT2D eigenvalue weighted by molar-refractivity contribution is 0.527. The maximum atomic E-state index is 12.6. The standard InChI is InChI=1S/C18H17N3O4S/c1-11-7-13-8-12(3-5-15(13)20-11)10-19-26(23,24)14-4-6-16-17(9-14)25-18(22)21(16)2/h3-9,19-20H,10H2,1-2H3. The minimum Gasteiger partial charge on any atom is -0.408 e. The number of nitrogens with one attached hydrogen (secondary N) is 2. The van der Waals surface area contributed by atoms with Gasteiger partial charge in [0.05, 0.1) is 10.4 Å². The van der Waals surface area contributed by atoms with E-state index in [1.54, 1.807) is 13.1 Å². The fraction of sp³-hybridized carbons (Fsp3) is 0.167. The zero-order chi connectivity index (χ0) is 18.5. The molecule has 7 nitrogen and oxygen atoms in total. The van der Waals surface area contributed by atoms with Crippen LogP contribution < -0.4 is 10.5 Å². The molecular weight excluding hydrogens is 354 g/mol. The Hall–Kier alpha value is -2.84. The number of hydrogen-bond donors (Lipinski definition) is 2. The second-order valence-corrected chi connectivity index (χ2v) is 8.02. The smallest absolute Gasteiger partial charge is 0.408 e. The van der Waals surface area contributed by atoms with Gasteiger partial charge < -0.3 is 9.40 Å². The fourth-order valence-electron chi connectivity index (χ4n) is 2.98. The largest absolute Gasteiger partial charge is 0.419 e. The van der Waals surface area contributed by atoms with Crippen molar-refractivity contribution in [2.45, 2.75) is 18.4 Å². The van der Waals surface area contributed by atoms with Crippen LogP contribution in [0.2, 0.25) is 0 Å². The molecule has 26 heavy (non-hydrogen) atoms. The molecule has 0 unspecified atom stereocenters. The van der Waals surface area contributed by atoms with Crippen molar-refractivity contribution in [3.8, 4) is 0 Å². The Labute approximate surface area is 149 Å². The molecule has 2 N–H and O–H groups in total. The van der Waals surface area contributed by atoms with E-state index in [0.717, 1.165) is 22.2 Å². The number of nitrogens with zero attached hydrogens (tertiary/aromatic N) is 1. The van der Waals surface area contributed by atoms with Crippen LogP contribution in [0.4, 0.5) is 0 Å². The van der Waals surface area contributed by atoms with Crippen LogP contribution in [0, 0.1) is 6.92 Å². The summed E-state index contributed by atoms with van der Waals surface area (Å²) in [5.41, 5.74) is 3.70. The molecule has 0 radical (unpaired) electrons. The van der Waals surface area contributed by atoms with Gasteiger partial charge in [0.25, 0.3) is 0 Å². The molecule has 8 heteroatoms. The number of aromatic nitrogens is 2. The predicted octanol–water partition coefficient (Wildman–Crippen LogP) is 2.40. The summed E-state index contributed by atoms with van der Waals surface area (Å²) < 4.78 is 34.1. The summed E-state index contributed by atoms with van der Waals surface area (Å²) in [4.78, 5) is 14.8. The second kappa shape index (κ2) is 5.86. The van der Waals surface area contributed by atoms with E-state index >= 15 is 0 Å². The first kappa shape index (κ1) is 16.6. The number of oxazole rings is 1. The molecule has 0 aliphatic carbocycles. The Morgan fingerprint density at radius 1 is 1.15 bits per heavy atom. The average molecular weight is 371 g/mol. The highest BCUT2D eigenvalue weighted by atomic mass is 32.2. The molecular formula is C18H17N3O4S. The summed E-state index contributed by atoms with van der Waals surface area (Å²) in [5, 5.41) is 1.03. The molecule has 4 aromatic rings. The molecule has 134 valence electrons. The first-order valence-corrected chi connectivity index (χ1v) is 9.49. The summed E-state index contributed by atoms with van der Waals surface area (Å²) in [5.74, 6) is -0.530. The molecule has 4 rings (SSSR count). The molecule has 0 aliphatic heterocycles. The van der Waals surface area contributed by atoms with Gasteiger partial charge in [0.1, 0.15) is 0 Å². The Morgan fingerprint density at radius 3 is 2.77 bits per heavy atom. The molecule has 0 fully saturated rings. The van der Waals surface area contributed by atoms with E-state index in [9.17, 15) is 13.2 Å². The third-order valence-electron chi connectivity index (χ3n) is 4.36. The number of rotatable bonds is 4. The van der Waals surface area contributed by atoms with Gasteiger partial charge in [0.2, 0.25) is 10.0 Å². The molecule has 0 amide bonds. The number of aromatic amines is 1. The van der Waals surface area contributed by atoms with Gasteiger partial charge in [0, 0.05) is 30.9 Å². The summed E-state index contributed by atoms with van der Waals surface area (Å²) in [7, 11) is -2.16. The Balaban J connectivity index is 1.60. The van der Waals surface area contributed by atoms with Gasteiger partial charge in [-0.1, -0.05) is 6.07 Å². The van der Waals surface area contributed by atoms with E-state index in [0.29, 0.717) is 5.52 Å². The number of fused-ring (bicyclic) bond motifs is 2. The topological polar surface area (TPSA) is 97.1 Å². The van der Waals surface area contributed by atoms with Crippen LogP contribution in [-0.2, 0) is 23.6 Å². The van der Waals surface area contributed by atoms with Gasteiger partial charge in [-0.25, -0.2) is 17.9 Å². The average Bonchev–Trinajstić information content (AvgIpc) is 3.11. The van der Waals surface area contributed by atoms with Crippen molar-refractivity contribution in [2.75, 3.05) is 0 Å². The van der Waals surface area contributed by atoms with Crippen LogP contribution in [0.5, 0.6) is 0 Å². The van der Waals surface area contributed by atoms with Crippen molar-refractivity contribution in [1.82, 2.24) is 14.3 Å². The molecule has 2 aromatic heterocycles. The third kappa shape index (κ3) is 2.83. The van der Waals surface area contributed by atoms with E-state index in [-0.39, 0.29) is 17.0 Å².